The molecule has 2 aromatic rings. The van der Waals surface area contributed by atoms with Gasteiger partial charge in [-0.1, -0.05) is 12.1 Å². The zero-order chi connectivity index (χ0) is 13.4. The van der Waals surface area contributed by atoms with E-state index in [0.29, 0.717) is 6.61 Å². The topological polar surface area (TPSA) is 42.4 Å². The molecule has 0 radical (unpaired) electrons. The Hall–Kier alpha value is -1.39. The second-order valence-corrected chi connectivity index (χ2v) is 6.20. The van der Waals surface area contributed by atoms with Gasteiger partial charge in [-0.25, -0.2) is 4.98 Å². The standard InChI is InChI=1S/C15H17NO2S/c1-9-10(2)19-15(16-9)8-18-14-5-3-4-11-12(14)6-7-13(11)17/h3-5,13,17H,6-8H2,1-2H3. The van der Waals surface area contributed by atoms with Crippen LogP contribution in [0.5, 0.6) is 5.75 Å². The summed E-state index contributed by atoms with van der Waals surface area (Å²) in [6, 6.07) is 5.91. The highest BCUT2D eigenvalue weighted by Gasteiger charge is 2.23. The van der Waals surface area contributed by atoms with Crippen LogP contribution in [0.3, 0.4) is 0 Å². The minimum atomic E-state index is -0.331. The van der Waals surface area contributed by atoms with Gasteiger partial charge in [-0.3, -0.25) is 0 Å². The van der Waals surface area contributed by atoms with Crippen molar-refractivity contribution >= 4 is 11.3 Å². The van der Waals surface area contributed by atoms with E-state index < -0.39 is 0 Å². The summed E-state index contributed by atoms with van der Waals surface area (Å²) in [4.78, 5) is 5.72. The molecule has 1 heterocycles. The molecule has 0 saturated carbocycles. The predicted molar refractivity (Wildman–Crippen MR) is 75.6 cm³/mol. The van der Waals surface area contributed by atoms with Gasteiger partial charge in [0.25, 0.3) is 0 Å². The van der Waals surface area contributed by atoms with E-state index in [1.165, 1.54) is 4.88 Å². The van der Waals surface area contributed by atoms with Crippen LogP contribution in [-0.4, -0.2) is 10.1 Å². The number of nitrogens with zero attached hydrogens (tertiary/aromatic N) is 1. The van der Waals surface area contributed by atoms with Gasteiger partial charge in [0.1, 0.15) is 17.4 Å². The summed E-state index contributed by atoms with van der Waals surface area (Å²) in [5.41, 5.74) is 3.25. The van der Waals surface area contributed by atoms with Crippen molar-refractivity contribution in [2.75, 3.05) is 0 Å². The van der Waals surface area contributed by atoms with Crippen molar-refractivity contribution in [3.8, 4) is 5.75 Å². The summed E-state index contributed by atoms with van der Waals surface area (Å²) in [5, 5.41) is 10.9. The van der Waals surface area contributed by atoms with Crippen molar-refractivity contribution in [2.45, 2.75) is 39.4 Å². The van der Waals surface area contributed by atoms with E-state index in [-0.39, 0.29) is 6.10 Å². The van der Waals surface area contributed by atoms with Crippen molar-refractivity contribution in [1.29, 1.82) is 0 Å². The van der Waals surface area contributed by atoms with Gasteiger partial charge in [0.15, 0.2) is 0 Å². The van der Waals surface area contributed by atoms with E-state index in [1.807, 2.05) is 25.1 Å². The maximum Gasteiger partial charge on any atom is 0.140 e. The molecule has 0 fully saturated rings. The molecule has 1 aromatic heterocycles. The molecule has 1 atom stereocenters. The molecule has 1 aliphatic carbocycles. The third kappa shape index (κ3) is 2.38. The molecule has 0 spiro atoms. The highest BCUT2D eigenvalue weighted by Crippen LogP contribution is 2.37. The first-order valence-corrected chi connectivity index (χ1v) is 7.32. The quantitative estimate of drug-likeness (QED) is 0.934. The number of hydrogen-bond acceptors (Lipinski definition) is 4. The zero-order valence-corrected chi connectivity index (χ0v) is 12.0. The summed E-state index contributed by atoms with van der Waals surface area (Å²) in [7, 11) is 0. The van der Waals surface area contributed by atoms with Crippen LogP contribution in [0.25, 0.3) is 0 Å². The second-order valence-electron chi connectivity index (χ2n) is 4.92. The van der Waals surface area contributed by atoms with Crippen molar-refractivity contribution in [1.82, 2.24) is 4.98 Å². The van der Waals surface area contributed by atoms with Gasteiger partial charge in [-0.05, 0) is 38.3 Å². The SMILES string of the molecule is Cc1nc(COc2cccc3c2CCC3O)sc1C. The van der Waals surface area contributed by atoms with Gasteiger partial charge in [-0.2, -0.15) is 0 Å². The monoisotopic (exact) mass is 275 g/mol. The fourth-order valence-electron chi connectivity index (χ4n) is 2.47. The summed E-state index contributed by atoms with van der Waals surface area (Å²) < 4.78 is 5.89. The lowest BCUT2D eigenvalue weighted by atomic mass is 10.1. The van der Waals surface area contributed by atoms with Crippen LogP contribution in [0.2, 0.25) is 0 Å². The summed E-state index contributed by atoms with van der Waals surface area (Å²) in [6.45, 7) is 4.60. The molecular weight excluding hydrogens is 258 g/mol. The van der Waals surface area contributed by atoms with E-state index in [0.717, 1.165) is 40.4 Å². The van der Waals surface area contributed by atoms with E-state index >= 15 is 0 Å². The maximum absolute atomic E-state index is 9.86. The van der Waals surface area contributed by atoms with E-state index in [2.05, 4.69) is 11.9 Å². The maximum atomic E-state index is 9.86. The van der Waals surface area contributed by atoms with Gasteiger partial charge in [0.05, 0.1) is 11.8 Å². The average molecular weight is 275 g/mol. The molecule has 3 rings (SSSR count). The molecule has 1 N–H and O–H groups in total. The van der Waals surface area contributed by atoms with Gasteiger partial charge < -0.3 is 9.84 Å². The molecule has 4 heteroatoms. The highest BCUT2D eigenvalue weighted by molar-refractivity contribution is 7.11. The molecule has 0 amide bonds. The number of aryl methyl sites for hydroxylation is 2. The Bertz CT molecular complexity index is 587. The number of aromatic nitrogens is 1. The Morgan fingerprint density at radius 2 is 2.26 bits per heavy atom. The lowest BCUT2D eigenvalue weighted by Gasteiger charge is -2.10. The minimum absolute atomic E-state index is 0.331. The molecule has 1 aromatic carbocycles. The van der Waals surface area contributed by atoms with Gasteiger partial charge in [0, 0.05) is 10.4 Å². The fraction of sp³-hybridized carbons (Fsp3) is 0.400. The van der Waals surface area contributed by atoms with E-state index in [4.69, 9.17) is 4.74 Å². The van der Waals surface area contributed by atoms with Crippen LogP contribution in [0, 0.1) is 13.8 Å². The van der Waals surface area contributed by atoms with Crippen LogP contribution in [0.1, 0.15) is 39.2 Å². The van der Waals surface area contributed by atoms with Crippen molar-refractivity contribution in [3.63, 3.8) is 0 Å². The molecule has 3 nitrogen and oxygen atoms in total. The number of rotatable bonds is 3. The largest absolute Gasteiger partial charge is 0.486 e. The second kappa shape index (κ2) is 4.94. The number of ether oxygens (including phenoxy) is 1. The number of aliphatic hydroxyl groups is 1. The zero-order valence-electron chi connectivity index (χ0n) is 11.1. The van der Waals surface area contributed by atoms with E-state index in [9.17, 15) is 5.11 Å². The first-order valence-electron chi connectivity index (χ1n) is 6.50. The summed E-state index contributed by atoms with van der Waals surface area (Å²) in [6.07, 6.45) is 1.36. The molecule has 0 aliphatic heterocycles. The number of aliphatic hydroxyl groups excluding tert-OH is 1. The molecular formula is C15H17NO2S. The smallest absolute Gasteiger partial charge is 0.140 e. The first kappa shape index (κ1) is 12.6. The van der Waals surface area contributed by atoms with Crippen LogP contribution in [0.4, 0.5) is 0 Å². The van der Waals surface area contributed by atoms with Gasteiger partial charge in [0.2, 0.25) is 0 Å². The van der Waals surface area contributed by atoms with Gasteiger partial charge >= 0.3 is 0 Å². The van der Waals surface area contributed by atoms with Crippen LogP contribution < -0.4 is 4.74 Å². The number of thiazole rings is 1. The molecule has 0 saturated heterocycles. The Balaban J connectivity index is 1.78. The van der Waals surface area contributed by atoms with Crippen molar-refractivity contribution in [2.24, 2.45) is 0 Å². The van der Waals surface area contributed by atoms with Gasteiger partial charge in [-0.15, -0.1) is 11.3 Å². The minimum Gasteiger partial charge on any atom is -0.486 e. The molecule has 1 aliphatic rings. The lowest BCUT2D eigenvalue weighted by Crippen LogP contribution is -1.98. The number of fused-ring (bicyclic) bond motifs is 1. The molecule has 1 unspecified atom stereocenters. The van der Waals surface area contributed by atoms with Crippen LogP contribution in [-0.2, 0) is 13.0 Å². The highest BCUT2D eigenvalue weighted by atomic mass is 32.1. The third-order valence-electron chi connectivity index (χ3n) is 3.62. The third-order valence-corrected chi connectivity index (χ3v) is 4.67. The molecule has 19 heavy (non-hydrogen) atoms. The normalized spacial score (nSPS) is 17.5. The van der Waals surface area contributed by atoms with Crippen LogP contribution >= 0.6 is 11.3 Å². The Morgan fingerprint density at radius 3 is 3.00 bits per heavy atom. The summed E-state index contributed by atoms with van der Waals surface area (Å²) >= 11 is 1.68. The fourth-order valence-corrected chi connectivity index (χ4v) is 3.32. The number of hydrogen-bond donors (Lipinski definition) is 1. The van der Waals surface area contributed by atoms with Crippen molar-refractivity contribution in [3.05, 3.63) is 44.9 Å². The molecule has 100 valence electrons. The average Bonchev–Trinajstić information content (AvgIpc) is 2.92. The Kier molecular flexibility index (Phi) is 3.29. The predicted octanol–water partition coefficient (Wildman–Crippen LogP) is 3.32. The van der Waals surface area contributed by atoms with E-state index in [1.54, 1.807) is 11.3 Å². The van der Waals surface area contributed by atoms with Crippen molar-refractivity contribution < 1.29 is 9.84 Å². The Morgan fingerprint density at radius 1 is 1.42 bits per heavy atom. The summed E-state index contributed by atoms with van der Waals surface area (Å²) in [5.74, 6) is 0.888. The number of benzene rings is 1. The first-order chi connectivity index (χ1) is 9.15. The molecule has 0 bridgehead atoms. The lowest BCUT2D eigenvalue weighted by molar-refractivity contribution is 0.180. The van der Waals surface area contributed by atoms with Crippen LogP contribution in [0.15, 0.2) is 18.2 Å². The Labute approximate surface area is 116 Å².